The number of nitrogens with zero attached hydrogens (tertiary/aromatic N) is 14. The number of aryl methyl sites for hydroxylation is 10. The van der Waals surface area contributed by atoms with Gasteiger partial charge in [0.2, 0.25) is 22.8 Å². The molecule has 642 valence electrons. The highest BCUT2D eigenvalue weighted by Gasteiger charge is 2.35. The van der Waals surface area contributed by atoms with Crippen molar-refractivity contribution in [2.24, 2.45) is 9.98 Å². The fraction of sp³-hybridized carbons (Fsp3) is 0.286. The van der Waals surface area contributed by atoms with Crippen molar-refractivity contribution < 1.29 is 55.7 Å². The maximum absolute atomic E-state index is 5.76. The second kappa shape index (κ2) is 43.1. The van der Waals surface area contributed by atoms with E-state index in [9.17, 15) is 0 Å². The molecular formula is C112H126N16+12. The summed E-state index contributed by atoms with van der Waals surface area (Å²) in [4.78, 5) is 24.3. The lowest BCUT2D eigenvalue weighted by Crippen LogP contribution is -2.71. The molecule has 16 nitrogen and oxygen atoms in total. The van der Waals surface area contributed by atoms with Crippen molar-refractivity contribution in [3.63, 3.8) is 0 Å². The van der Waals surface area contributed by atoms with Gasteiger partial charge in [0, 0.05) is 270 Å². The van der Waals surface area contributed by atoms with Crippen LogP contribution in [0.15, 0.2) is 387 Å². The van der Waals surface area contributed by atoms with Crippen LogP contribution in [-0.4, -0.2) is 45.7 Å². The Morgan fingerprint density at radius 1 is 0.219 bits per heavy atom. The monoisotopic (exact) mass is 1700 g/mol. The summed E-state index contributed by atoms with van der Waals surface area (Å²) >= 11 is 0. The van der Waals surface area contributed by atoms with Crippen LogP contribution in [0.5, 0.6) is 0 Å². The van der Waals surface area contributed by atoms with Gasteiger partial charge in [-0.3, -0.25) is 0 Å². The van der Waals surface area contributed by atoms with Crippen LogP contribution < -0.4 is 55.7 Å². The first kappa shape index (κ1) is 86.5. The van der Waals surface area contributed by atoms with Gasteiger partial charge < -0.3 is 9.80 Å². The largest absolute Gasteiger partial charge is 0.354 e. The van der Waals surface area contributed by atoms with Crippen molar-refractivity contribution >= 4 is 45.1 Å². The van der Waals surface area contributed by atoms with E-state index in [1.807, 2.05) is 0 Å². The Morgan fingerprint density at radius 3 is 0.766 bits per heavy atom. The van der Waals surface area contributed by atoms with Gasteiger partial charge in [-0.15, -0.1) is 0 Å². The Hall–Kier alpha value is -13.6. The highest BCUT2D eigenvalue weighted by atomic mass is 15.1. The first-order valence-corrected chi connectivity index (χ1v) is 47.3. The molecule has 0 spiro atoms. The summed E-state index contributed by atoms with van der Waals surface area (Å²) in [5.41, 5.74) is 25.7. The SMILES string of the molecule is CCCCN1C=CC(=C2C=CN(CCCC[n+]3ccc(C4=C5C=CC(=N5)C(c5cc[n+](CCCC[n+]6ccc(-c7cc[n+](CCCC)cc7)cc6)cc5)=C5C=CC(=[NH+]5)C(c5cc[n+](CCCC[n+]6ccc(-c7cc[n+](CCCC)cc7)cc6)cc5)=C5C=CC(=[NH+]5)C(c5cc[n+](CCCC[n+]6ccc(-c7cc[n+](CCCC)cc7)cc6)cc5)=C5C=CC4=N5)cc3)C=C2)C=C1. The Kier molecular flexibility index (Phi) is 29.1. The normalized spacial score (nSPS) is 15.0. The van der Waals surface area contributed by atoms with Crippen molar-refractivity contribution in [2.75, 3.05) is 13.1 Å². The number of aromatic nitrogens is 10. The van der Waals surface area contributed by atoms with Crippen LogP contribution in [0.4, 0.5) is 0 Å². The molecular weight excluding hydrogens is 1570 g/mol. The third-order valence-electron chi connectivity index (χ3n) is 25.3. The van der Waals surface area contributed by atoms with E-state index in [0.717, 1.165) is 220 Å². The Balaban J connectivity index is 0.655. The molecule has 10 aromatic rings. The minimum Gasteiger partial charge on any atom is -0.354 e. The number of unbranched alkanes of at least 4 members (excludes halogenated alkanes) is 8. The molecule has 0 aromatic carbocycles. The summed E-state index contributed by atoms with van der Waals surface area (Å²) in [5.74, 6) is 0. The van der Waals surface area contributed by atoms with Crippen molar-refractivity contribution in [3.05, 3.63) is 399 Å². The lowest BCUT2D eigenvalue weighted by atomic mass is 9.99. The van der Waals surface area contributed by atoms with Gasteiger partial charge in [0.05, 0.1) is 34.0 Å². The second-order valence-electron chi connectivity index (χ2n) is 34.6. The fourth-order valence-corrected chi connectivity index (χ4v) is 17.6. The standard InChI is InChI=1S/C112H124N16/c1-5-9-53-117-65-29-89(30-66-117)93-37-73-121(74-38-93)57-13-17-61-125-81-45-97(46-82-125)109-101-21-23-103(113-101)110(98-47-83-126(84-48-98)62-18-14-58-122-75-39-94(40-76-122)90-31-67-118(68-32-90)54-10-6-2)105-25-27-107(115-105)112(100-51-87-128(88-52-100)64-20-16-60-124-79-43-96(44-80-124)92-35-71-120(72-36-92)56-12-8-4)108-28-26-106(116-108)111(104-24-22-102(109)114-104)99-49-85-127(86-50-99)63-19-15-59-123-77-41-95(42-78-123)91-33-69-119(70-34-91)55-11-7-3/h21-52,65-88H,5-20,53-64H2,1-4H3/q+10/p+2. The molecule has 16 heteroatoms. The van der Waals surface area contributed by atoms with Crippen molar-refractivity contribution in [1.29, 1.82) is 0 Å². The van der Waals surface area contributed by atoms with E-state index in [1.165, 1.54) is 95.9 Å². The van der Waals surface area contributed by atoms with E-state index in [0.29, 0.717) is 0 Å². The van der Waals surface area contributed by atoms with E-state index in [1.54, 1.807) is 0 Å². The molecule has 0 saturated heterocycles. The van der Waals surface area contributed by atoms with Gasteiger partial charge in [-0.1, -0.05) is 53.4 Å². The average molecular weight is 1700 g/mol. The molecule has 0 aliphatic carbocycles. The van der Waals surface area contributed by atoms with E-state index < -0.39 is 0 Å². The summed E-state index contributed by atoms with van der Waals surface area (Å²) in [6, 6.07) is 45.1. The molecule has 0 fully saturated rings. The number of hydrogen-bond donors (Lipinski definition) is 2. The highest BCUT2D eigenvalue weighted by Crippen LogP contribution is 2.36. The van der Waals surface area contributed by atoms with Crippen molar-refractivity contribution in [1.82, 2.24) is 9.80 Å². The van der Waals surface area contributed by atoms with Gasteiger partial charge in [-0.05, 0) is 112 Å². The predicted molar refractivity (Wildman–Crippen MR) is 508 cm³/mol. The van der Waals surface area contributed by atoms with Gasteiger partial charge >= 0.3 is 0 Å². The zero-order valence-electron chi connectivity index (χ0n) is 75.4. The van der Waals surface area contributed by atoms with Crippen LogP contribution in [0.3, 0.4) is 0 Å². The fourth-order valence-electron chi connectivity index (χ4n) is 17.6. The second-order valence-corrected chi connectivity index (χ2v) is 34.6. The van der Waals surface area contributed by atoms with Crippen LogP contribution in [0.1, 0.15) is 153 Å². The summed E-state index contributed by atoms with van der Waals surface area (Å²) in [6.45, 7) is 20.6. The van der Waals surface area contributed by atoms with Crippen LogP contribution in [0.25, 0.3) is 55.7 Å². The van der Waals surface area contributed by atoms with Gasteiger partial charge in [0.25, 0.3) is 0 Å². The van der Waals surface area contributed by atoms with Gasteiger partial charge in [-0.2, -0.15) is 0 Å². The molecule has 0 unspecified atom stereocenters. The molecule has 17 rings (SSSR count). The maximum Gasteiger partial charge on any atom is 0.218 e. The van der Waals surface area contributed by atoms with Crippen molar-refractivity contribution in [2.45, 2.75) is 196 Å². The lowest BCUT2D eigenvalue weighted by Gasteiger charge is -2.21. The zero-order valence-corrected chi connectivity index (χ0v) is 75.4. The number of aliphatic imine (C=N–C) groups is 2. The average Bonchev–Trinajstić information content (AvgIpc) is 1.61. The van der Waals surface area contributed by atoms with E-state index in [4.69, 9.17) is 9.98 Å². The quantitative estimate of drug-likeness (QED) is 0.0296. The van der Waals surface area contributed by atoms with E-state index in [-0.39, 0.29) is 0 Å². The number of nitrogens with one attached hydrogen (secondary N) is 2. The first-order chi connectivity index (χ1) is 63.2. The minimum absolute atomic E-state index is 0.859. The molecule has 0 atom stereocenters. The number of allylic oxidation sites excluding steroid dienone is 18. The Morgan fingerprint density at radius 2 is 0.453 bits per heavy atom. The summed E-state index contributed by atoms with van der Waals surface area (Å²) in [6.07, 6.45) is 98.2. The molecule has 2 N–H and O–H groups in total. The highest BCUT2D eigenvalue weighted by molar-refractivity contribution is 6.37. The van der Waals surface area contributed by atoms with Gasteiger partial charge in [0.15, 0.2) is 124 Å². The van der Waals surface area contributed by atoms with Crippen LogP contribution >= 0.6 is 0 Å². The van der Waals surface area contributed by atoms with Gasteiger partial charge in [0.1, 0.15) is 71.0 Å². The first-order valence-electron chi connectivity index (χ1n) is 47.3. The number of hydrogen-bond acceptors (Lipinski definition) is 4. The zero-order chi connectivity index (χ0) is 87.0. The summed E-state index contributed by atoms with van der Waals surface area (Å²) in [5, 5.41) is 0. The lowest BCUT2D eigenvalue weighted by molar-refractivity contribution is -0.708. The maximum atomic E-state index is 5.76. The van der Waals surface area contributed by atoms with E-state index >= 15 is 0 Å². The Labute approximate surface area is 757 Å². The molecule has 0 saturated carbocycles. The minimum atomic E-state index is 0.859. The molecule has 8 bridgehead atoms. The molecule has 0 radical (unpaired) electrons. The molecule has 7 aliphatic heterocycles. The number of rotatable bonds is 39. The molecule has 7 aliphatic rings. The summed E-state index contributed by atoms with van der Waals surface area (Å²) in [7, 11) is 0. The third kappa shape index (κ3) is 22.2. The third-order valence-corrected chi connectivity index (χ3v) is 25.3. The topological polar surface area (TPSA) is 97.9 Å². The van der Waals surface area contributed by atoms with Crippen LogP contribution in [-0.2, 0) is 65.4 Å². The predicted octanol–water partition coefficient (Wildman–Crippen LogP) is 14.1. The summed E-state index contributed by atoms with van der Waals surface area (Å²) < 4.78 is 23.1. The molecule has 17 heterocycles. The molecule has 10 aromatic heterocycles. The van der Waals surface area contributed by atoms with Crippen LogP contribution in [0.2, 0.25) is 0 Å². The number of pyridine rings is 10. The smallest absolute Gasteiger partial charge is 0.218 e. The molecule has 128 heavy (non-hydrogen) atoms. The molecule has 0 amide bonds. The van der Waals surface area contributed by atoms with Crippen LogP contribution in [0, 0.1) is 0 Å². The van der Waals surface area contributed by atoms with E-state index in [2.05, 4.69) is 436 Å². The Bertz CT molecular complexity index is 5950. The number of fused-ring (bicyclic) bond motifs is 4. The van der Waals surface area contributed by atoms with Gasteiger partial charge in [-0.25, -0.2) is 65.6 Å². The van der Waals surface area contributed by atoms with Crippen molar-refractivity contribution in [3.8, 4) is 33.4 Å².